The van der Waals surface area contributed by atoms with Crippen molar-refractivity contribution in [1.82, 2.24) is 9.80 Å². The van der Waals surface area contributed by atoms with Crippen molar-refractivity contribution < 1.29 is 19.1 Å². The third-order valence-electron chi connectivity index (χ3n) is 6.36. The molecule has 1 aromatic carbocycles. The number of likely N-dealkylation sites (tertiary alicyclic amines) is 2. The highest BCUT2D eigenvalue weighted by molar-refractivity contribution is 5.94. The normalized spacial score (nSPS) is 21.5. The Balaban J connectivity index is 1.27. The molecule has 0 aromatic heterocycles. The lowest BCUT2D eigenvalue weighted by Crippen LogP contribution is -2.48. The topological polar surface area (TPSA) is 71.1 Å². The SMILES string of the molecule is CC(C(=O)Nc1ccc2c(c1)OCO2)N1CCC(C(=O)N2CCCCCC2)CC1. The van der Waals surface area contributed by atoms with E-state index < -0.39 is 0 Å². The summed E-state index contributed by atoms with van der Waals surface area (Å²) in [7, 11) is 0. The summed E-state index contributed by atoms with van der Waals surface area (Å²) in [5.41, 5.74) is 0.706. The fraction of sp³-hybridized carbons (Fsp3) is 0.636. The zero-order valence-electron chi connectivity index (χ0n) is 17.2. The molecule has 0 spiro atoms. The Morgan fingerprint density at radius 1 is 1.00 bits per heavy atom. The monoisotopic (exact) mass is 401 g/mol. The maximum atomic E-state index is 12.9. The first-order chi connectivity index (χ1) is 14.1. The Bertz CT molecular complexity index is 738. The maximum Gasteiger partial charge on any atom is 0.241 e. The van der Waals surface area contributed by atoms with Crippen molar-refractivity contribution in [2.24, 2.45) is 5.92 Å². The second-order valence-corrected chi connectivity index (χ2v) is 8.28. The summed E-state index contributed by atoms with van der Waals surface area (Å²) >= 11 is 0. The third-order valence-corrected chi connectivity index (χ3v) is 6.36. The van der Waals surface area contributed by atoms with Crippen molar-refractivity contribution in [3.63, 3.8) is 0 Å². The minimum absolute atomic E-state index is 0.0406. The van der Waals surface area contributed by atoms with E-state index in [1.54, 1.807) is 6.07 Å². The van der Waals surface area contributed by atoms with Crippen LogP contribution in [0.25, 0.3) is 0 Å². The van der Waals surface area contributed by atoms with E-state index in [-0.39, 0.29) is 24.7 Å². The number of hydrogen-bond donors (Lipinski definition) is 1. The van der Waals surface area contributed by atoms with Crippen LogP contribution >= 0.6 is 0 Å². The van der Waals surface area contributed by atoms with Crippen LogP contribution in [-0.2, 0) is 9.59 Å². The van der Waals surface area contributed by atoms with Crippen LogP contribution < -0.4 is 14.8 Å². The Kier molecular flexibility index (Phi) is 6.23. The summed E-state index contributed by atoms with van der Waals surface area (Å²) in [5, 5.41) is 2.97. The molecule has 7 heteroatoms. The first-order valence-corrected chi connectivity index (χ1v) is 10.8. The second kappa shape index (κ2) is 9.03. The summed E-state index contributed by atoms with van der Waals surface area (Å²) in [4.78, 5) is 29.8. The number of nitrogens with one attached hydrogen (secondary N) is 1. The molecule has 1 atom stereocenters. The summed E-state index contributed by atoms with van der Waals surface area (Å²) in [6, 6.07) is 5.18. The number of nitrogens with zero attached hydrogens (tertiary/aromatic N) is 2. The van der Waals surface area contributed by atoms with E-state index in [0.29, 0.717) is 23.1 Å². The van der Waals surface area contributed by atoms with Crippen molar-refractivity contribution in [3.8, 4) is 11.5 Å². The van der Waals surface area contributed by atoms with Crippen LogP contribution in [-0.4, -0.2) is 60.6 Å². The number of ether oxygens (including phenoxy) is 2. The van der Waals surface area contributed by atoms with Crippen molar-refractivity contribution in [1.29, 1.82) is 0 Å². The van der Waals surface area contributed by atoms with Gasteiger partial charge in [0.25, 0.3) is 0 Å². The molecule has 0 saturated carbocycles. The van der Waals surface area contributed by atoms with Gasteiger partial charge < -0.3 is 19.7 Å². The molecule has 1 N–H and O–H groups in total. The van der Waals surface area contributed by atoms with E-state index in [4.69, 9.17) is 9.47 Å². The number of anilines is 1. The van der Waals surface area contributed by atoms with Gasteiger partial charge in [0.05, 0.1) is 6.04 Å². The molecule has 3 aliphatic rings. The Hall–Kier alpha value is -2.28. The Morgan fingerprint density at radius 3 is 2.41 bits per heavy atom. The van der Waals surface area contributed by atoms with E-state index >= 15 is 0 Å². The van der Waals surface area contributed by atoms with Crippen molar-refractivity contribution >= 4 is 17.5 Å². The first kappa shape index (κ1) is 20.0. The number of carbonyl (C=O) groups is 2. The average molecular weight is 402 g/mol. The highest BCUT2D eigenvalue weighted by atomic mass is 16.7. The molecule has 4 rings (SSSR count). The van der Waals surface area contributed by atoms with Crippen molar-refractivity contribution in [3.05, 3.63) is 18.2 Å². The second-order valence-electron chi connectivity index (χ2n) is 8.28. The molecule has 29 heavy (non-hydrogen) atoms. The fourth-order valence-electron chi connectivity index (χ4n) is 4.47. The molecule has 2 fully saturated rings. The van der Waals surface area contributed by atoms with E-state index in [0.717, 1.165) is 51.9 Å². The predicted octanol–water partition coefficient (Wildman–Crippen LogP) is 2.86. The van der Waals surface area contributed by atoms with Gasteiger partial charge in [-0.2, -0.15) is 0 Å². The molecule has 158 valence electrons. The van der Waals surface area contributed by atoms with Crippen LogP contribution in [0.15, 0.2) is 18.2 Å². The summed E-state index contributed by atoms with van der Waals surface area (Å²) in [6.07, 6.45) is 6.38. The van der Waals surface area contributed by atoms with Gasteiger partial charge in [-0.3, -0.25) is 14.5 Å². The lowest BCUT2D eigenvalue weighted by atomic mass is 9.94. The molecule has 3 aliphatic heterocycles. The highest BCUT2D eigenvalue weighted by Gasteiger charge is 2.32. The van der Waals surface area contributed by atoms with Gasteiger partial charge >= 0.3 is 0 Å². The summed E-state index contributed by atoms with van der Waals surface area (Å²) < 4.78 is 10.7. The zero-order chi connectivity index (χ0) is 20.2. The minimum Gasteiger partial charge on any atom is -0.454 e. The minimum atomic E-state index is -0.241. The fourth-order valence-corrected chi connectivity index (χ4v) is 4.47. The number of amides is 2. The van der Waals surface area contributed by atoms with Crippen LogP contribution in [0.2, 0.25) is 0 Å². The van der Waals surface area contributed by atoms with Crippen LogP contribution in [0, 0.1) is 5.92 Å². The number of piperidine rings is 1. The molecule has 0 aliphatic carbocycles. The summed E-state index contributed by atoms with van der Waals surface area (Å²) in [5.74, 6) is 1.74. The molecule has 2 saturated heterocycles. The van der Waals surface area contributed by atoms with E-state index in [2.05, 4.69) is 15.1 Å². The van der Waals surface area contributed by atoms with E-state index in [9.17, 15) is 9.59 Å². The van der Waals surface area contributed by atoms with Crippen molar-refractivity contribution in [2.45, 2.75) is 51.5 Å². The number of benzene rings is 1. The van der Waals surface area contributed by atoms with Crippen LogP contribution in [0.1, 0.15) is 45.4 Å². The lowest BCUT2D eigenvalue weighted by molar-refractivity contribution is -0.137. The Labute approximate surface area is 172 Å². The number of rotatable bonds is 4. The average Bonchev–Trinajstić information content (AvgIpc) is 3.04. The molecule has 0 radical (unpaired) electrons. The quantitative estimate of drug-likeness (QED) is 0.840. The highest BCUT2D eigenvalue weighted by Crippen LogP contribution is 2.34. The molecular weight excluding hydrogens is 370 g/mol. The van der Waals surface area contributed by atoms with Gasteiger partial charge in [0.15, 0.2) is 11.5 Å². The maximum absolute atomic E-state index is 12.9. The van der Waals surface area contributed by atoms with Crippen LogP contribution in [0.4, 0.5) is 5.69 Å². The smallest absolute Gasteiger partial charge is 0.241 e. The van der Waals surface area contributed by atoms with Gasteiger partial charge in [-0.1, -0.05) is 12.8 Å². The van der Waals surface area contributed by atoms with Gasteiger partial charge in [0.1, 0.15) is 0 Å². The molecular formula is C22H31N3O4. The number of hydrogen-bond acceptors (Lipinski definition) is 5. The molecule has 2 amide bonds. The Morgan fingerprint density at radius 2 is 1.69 bits per heavy atom. The van der Waals surface area contributed by atoms with Gasteiger partial charge in [0, 0.05) is 30.8 Å². The molecule has 1 aromatic rings. The van der Waals surface area contributed by atoms with Crippen LogP contribution in [0.3, 0.4) is 0 Å². The van der Waals surface area contributed by atoms with Crippen molar-refractivity contribution in [2.75, 3.05) is 38.3 Å². The zero-order valence-corrected chi connectivity index (χ0v) is 17.2. The first-order valence-electron chi connectivity index (χ1n) is 10.8. The number of fused-ring (bicyclic) bond motifs is 1. The predicted molar refractivity (Wildman–Crippen MR) is 110 cm³/mol. The molecule has 7 nitrogen and oxygen atoms in total. The number of carbonyl (C=O) groups excluding carboxylic acids is 2. The van der Waals surface area contributed by atoms with Gasteiger partial charge in [0.2, 0.25) is 18.6 Å². The van der Waals surface area contributed by atoms with Crippen LogP contribution in [0.5, 0.6) is 11.5 Å². The molecule has 1 unspecified atom stereocenters. The van der Waals surface area contributed by atoms with Gasteiger partial charge in [-0.15, -0.1) is 0 Å². The summed E-state index contributed by atoms with van der Waals surface area (Å²) in [6.45, 7) is 5.52. The largest absolute Gasteiger partial charge is 0.454 e. The standard InChI is InChI=1S/C22H31N3O4/c1-16(21(26)23-18-6-7-19-20(14-18)29-15-28-19)24-12-8-17(9-13-24)22(27)25-10-4-2-3-5-11-25/h6-7,14,16-17H,2-5,8-13,15H2,1H3,(H,23,26). The van der Waals surface area contributed by atoms with E-state index in [1.807, 2.05) is 19.1 Å². The lowest BCUT2D eigenvalue weighted by Gasteiger charge is -2.36. The molecule has 0 bridgehead atoms. The van der Waals surface area contributed by atoms with Gasteiger partial charge in [-0.05, 0) is 57.8 Å². The molecule has 3 heterocycles. The third kappa shape index (κ3) is 4.66. The van der Waals surface area contributed by atoms with E-state index in [1.165, 1.54) is 12.8 Å². The van der Waals surface area contributed by atoms with Gasteiger partial charge in [-0.25, -0.2) is 0 Å².